The lowest BCUT2D eigenvalue weighted by Crippen LogP contribution is -2.56. The summed E-state index contributed by atoms with van der Waals surface area (Å²) in [5, 5.41) is 11.6. The first-order valence-electron chi connectivity index (χ1n) is 11.7. The number of nitrogens with one attached hydrogen (secondary N) is 1. The third kappa shape index (κ3) is 4.53. The van der Waals surface area contributed by atoms with Crippen molar-refractivity contribution < 1.29 is 18.7 Å². The number of ketones is 1. The second-order valence-electron chi connectivity index (χ2n) is 9.50. The van der Waals surface area contributed by atoms with Crippen molar-refractivity contribution in [2.24, 2.45) is 0 Å². The van der Waals surface area contributed by atoms with E-state index in [9.17, 15) is 23.6 Å². The van der Waals surface area contributed by atoms with Crippen LogP contribution in [0, 0.1) is 12.7 Å². The van der Waals surface area contributed by atoms with Gasteiger partial charge < -0.3 is 10.1 Å². The number of carbonyl (C=O) groups excluding carboxylic acids is 2. The second kappa shape index (κ2) is 9.97. The molecule has 0 aliphatic carbocycles. The Balaban J connectivity index is 2.02. The molecule has 0 aliphatic rings. The fourth-order valence-electron chi connectivity index (χ4n) is 4.15. The standard InChI is InChI=1S/C25H27FN6O5S/c1-13(2)29-23(35)25(4,5)31-20(34)19-14(3)21(32-27-9-10-28-32)38-22(19)30(24(31)36)12-17(33)16-11-15(26)7-8-18(16)37-6/h7-11,13H,12H2,1-6H3,(H,29,35). The quantitative estimate of drug-likeness (QED) is 0.339. The van der Waals surface area contributed by atoms with Gasteiger partial charge in [0.15, 0.2) is 5.78 Å². The van der Waals surface area contributed by atoms with Crippen LogP contribution in [0.4, 0.5) is 4.39 Å². The molecule has 0 fully saturated rings. The molecule has 0 saturated carbocycles. The van der Waals surface area contributed by atoms with E-state index in [2.05, 4.69) is 15.5 Å². The largest absolute Gasteiger partial charge is 0.496 e. The molecule has 38 heavy (non-hydrogen) atoms. The number of amides is 1. The third-order valence-electron chi connectivity index (χ3n) is 6.09. The molecule has 11 nitrogen and oxygen atoms in total. The van der Waals surface area contributed by atoms with Crippen LogP contribution in [0.2, 0.25) is 0 Å². The van der Waals surface area contributed by atoms with Crippen molar-refractivity contribution in [3.63, 3.8) is 0 Å². The number of thiophene rings is 1. The van der Waals surface area contributed by atoms with Crippen LogP contribution in [0.3, 0.4) is 0 Å². The van der Waals surface area contributed by atoms with E-state index in [0.29, 0.717) is 10.6 Å². The Morgan fingerprint density at radius 2 is 1.84 bits per heavy atom. The zero-order chi connectivity index (χ0) is 27.9. The van der Waals surface area contributed by atoms with Crippen molar-refractivity contribution in [2.75, 3.05) is 7.11 Å². The first-order chi connectivity index (χ1) is 17.9. The molecule has 0 saturated heterocycles. The highest BCUT2D eigenvalue weighted by molar-refractivity contribution is 7.21. The minimum Gasteiger partial charge on any atom is -0.496 e. The number of halogens is 1. The van der Waals surface area contributed by atoms with Gasteiger partial charge in [-0.2, -0.15) is 10.2 Å². The van der Waals surface area contributed by atoms with Gasteiger partial charge in [0.05, 0.1) is 37.0 Å². The highest BCUT2D eigenvalue weighted by Crippen LogP contribution is 2.31. The summed E-state index contributed by atoms with van der Waals surface area (Å²) in [6.07, 6.45) is 2.93. The zero-order valence-corrected chi connectivity index (χ0v) is 22.6. The smallest absolute Gasteiger partial charge is 0.333 e. The molecule has 200 valence electrons. The van der Waals surface area contributed by atoms with Gasteiger partial charge in [0.2, 0.25) is 5.91 Å². The van der Waals surface area contributed by atoms with Crippen LogP contribution in [0.25, 0.3) is 15.2 Å². The molecule has 0 spiro atoms. The number of nitrogens with zero attached hydrogens (tertiary/aromatic N) is 5. The van der Waals surface area contributed by atoms with Crippen LogP contribution in [-0.4, -0.2) is 49.0 Å². The van der Waals surface area contributed by atoms with E-state index in [0.717, 1.165) is 32.6 Å². The van der Waals surface area contributed by atoms with Crippen molar-refractivity contribution >= 4 is 33.2 Å². The summed E-state index contributed by atoms with van der Waals surface area (Å²) in [4.78, 5) is 55.7. The van der Waals surface area contributed by atoms with E-state index < -0.39 is 40.8 Å². The van der Waals surface area contributed by atoms with Gasteiger partial charge in [-0.3, -0.25) is 19.0 Å². The molecule has 0 radical (unpaired) electrons. The first kappa shape index (κ1) is 26.9. The molecule has 0 aliphatic heterocycles. The van der Waals surface area contributed by atoms with Crippen LogP contribution in [0.5, 0.6) is 5.75 Å². The lowest BCUT2D eigenvalue weighted by Gasteiger charge is -2.27. The zero-order valence-electron chi connectivity index (χ0n) is 21.7. The van der Waals surface area contributed by atoms with Crippen LogP contribution < -0.4 is 21.3 Å². The van der Waals surface area contributed by atoms with E-state index in [1.54, 1.807) is 20.8 Å². The first-order valence-corrected chi connectivity index (χ1v) is 12.5. The number of carbonyl (C=O) groups is 2. The summed E-state index contributed by atoms with van der Waals surface area (Å²) in [6.45, 7) is 7.57. The number of aryl methyl sites for hydroxylation is 1. The summed E-state index contributed by atoms with van der Waals surface area (Å²) < 4.78 is 21.2. The molecule has 4 aromatic rings. The predicted octanol–water partition coefficient (Wildman–Crippen LogP) is 2.40. The maximum atomic E-state index is 14.0. The van der Waals surface area contributed by atoms with Gasteiger partial charge in [-0.1, -0.05) is 11.3 Å². The number of rotatable bonds is 8. The summed E-state index contributed by atoms with van der Waals surface area (Å²) in [5.41, 5.74) is -2.75. The average Bonchev–Trinajstić information content (AvgIpc) is 3.49. The molecule has 0 bridgehead atoms. The van der Waals surface area contributed by atoms with Crippen molar-refractivity contribution in [1.82, 2.24) is 29.4 Å². The highest BCUT2D eigenvalue weighted by atomic mass is 32.1. The van der Waals surface area contributed by atoms with E-state index in [4.69, 9.17) is 4.74 Å². The number of Topliss-reactive ketones (excluding diaryl/α,β-unsaturated/α-hetero) is 1. The maximum Gasteiger partial charge on any atom is 0.333 e. The molecule has 3 aromatic heterocycles. The molecule has 1 aromatic carbocycles. The molecular weight excluding hydrogens is 515 g/mol. The van der Waals surface area contributed by atoms with Gasteiger partial charge in [0, 0.05) is 11.6 Å². The molecule has 0 unspecified atom stereocenters. The lowest BCUT2D eigenvalue weighted by atomic mass is 10.0. The monoisotopic (exact) mass is 542 g/mol. The van der Waals surface area contributed by atoms with Gasteiger partial charge in [0.1, 0.15) is 26.9 Å². The number of aromatic nitrogens is 5. The number of hydrogen-bond acceptors (Lipinski definition) is 8. The van der Waals surface area contributed by atoms with Gasteiger partial charge in [-0.05, 0) is 52.8 Å². The fraction of sp³-hybridized carbons (Fsp3) is 0.360. The SMILES string of the molecule is COc1ccc(F)cc1C(=O)Cn1c(=O)n(C(C)(C)C(=O)NC(C)C)c(=O)c2c(C)c(-n3nccn3)sc21. The average molecular weight is 543 g/mol. The van der Waals surface area contributed by atoms with Crippen molar-refractivity contribution in [3.05, 3.63) is 68.4 Å². The van der Waals surface area contributed by atoms with Crippen LogP contribution >= 0.6 is 11.3 Å². The number of ether oxygens (including phenoxy) is 1. The van der Waals surface area contributed by atoms with Crippen molar-refractivity contribution in [1.29, 1.82) is 0 Å². The van der Waals surface area contributed by atoms with Gasteiger partial charge in [-0.25, -0.2) is 13.8 Å². The molecule has 1 amide bonds. The Kier molecular flexibility index (Phi) is 7.06. The predicted molar refractivity (Wildman–Crippen MR) is 140 cm³/mol. The summed E-state index contributed by atoms with van der Waals surface area (Å²) in [7, 11) is 1.34. The Morgan fingerprint density at radius 1 is 1.18 bits per heavy atom. The molecule has 1 N–H and O–H groups in total. The molecule has 13 heteroatoms. The Morgan fingerprint density at radius 3 is 2.45 bits per heavy atom. The minimum atomic E-state index is -1.60. The number of methoxy groups -OCH3 is 1. The number of fused-ring (bicyclic) bond motifs is 1. The fourth-order valence-corrected chi connectivity index (χ4v) is 5.36. The number of hydrogen-bond donors (Lipinski definition) is 1. The minimum absolute atomic E-state index is 0.0654. The van der Waals surface area contributed by atoms with E-state index in [1.165, 1.54) is 44.2 Å². The molecule has 3 heterocycles. The van der Waals surface area contributed by atoms with Gasteiger partial charge in [-0.15, -0.1) is 4.80 Å². The third-order valence-corrected chi connectivity index (χ3v) is 7.37. The Labute approximate surface area is 220 Å². The van der Waals surface area contributed by atoms with Crippen LogP contribution in [0.1, 0.15) is 43.6 Å². The Bertz CT molecular complexity index is 1670. The summed E-state index contributed by atoms with van der Waals surface area (Å²) in [5.74, 6) is -1.68. The Hall–Kier alpha value is -4.13. The summed E-state index contributed by atoms with van der Waals surface area (Å²) >= 11 is 1.05. The van der Waals surface area contributed by atoms with Crippen LogP contribution in [-0.2, 0) is 16.9 Å². The molecule has 4 rings (SSSR count). The van der Waals surface area contributed by atoms with Gasteiger partial charge in [0.25, 0.3) is 5.56 Å². The van der Waals surface area contributed by atoms with E-state index >= 15 is 0 Å². The lowest BCUT2D eigenvalue weighted by molar-refractivity contribution is -0.129. The number of benzene rings is 1. The normalized spacial score (nSPS) is 11.8. The molecular formula is C25H27FN6O5S. The van der Waals surface area contributed by atoms with Crippen molar-refractivity contribution in [2.45, 2.75) is 52.7 Å². The second-order valence-corrected chi connectivity index (χ2v) is 10.5. The van der Waals surface area contributed by atoms with Gasteiger partial charge >= 0.3 is 5.69 Å². The topological polar surface area (TPSA) is 130 Å². The van der Waals surface area contributed by atoms with Crippen molar-refractivity contribution in [3.8, 4) is 10.8 Å². The van der Waals surface area contributed by atoms with Crippen LogP contribution in [0.15, 0.2) is 40.2 Å². The molecule has 0 atom stereocenters. The summed E-state index contributed by atoms with van der Waals surface area (Å²) in [6, 6.07) is 3.25. The maximum absolute atomic E-state index is 14.0. The van der Waals surface area contributed by atoms with E-state index in [1.807, 2.05) is 0 Å². The highest BCUT2D eigenvalue weighted by Gasteiger charge is 2.36. The van der Waals surface area contributed by atoms with E-state index in [-0.39, 0.29) is 27.6 Å².